The molecule has 27 heteroatoms. The van der Waals surface area contributed by atoms with Crippen molar-refractivity contribution in [2.45, 2.75) is 60.2 Å². The number of phosphoric acid groups is 1. The molecule has 0 spiro atoms. The molecule has 40 heavy (non-hydrogen) atoms. The molecule has 0 amide bonds. The van der Waals surface area contributed by atoms with Gasteiger partial charge in [0.05, 0.1) is 0 Å². The molecule has 0 aliphatic carbocycles. The van der Waals surface area contributed by atoms with Gasteiger partial charge >= 0.3 is 68.1 Å². The molecule has 0 fully saturated rings. The van der Waals surface area contributed by atoms with Crippen molar-refractivity contribution >= 4 is 7.82 Å². The number of alkyl halides is 22. The second kappa shape index (κ2) is 11.0. The highest BCUT2D eigenvalue weighted by atomic mass is 31.2. The second-order valence-corrected chi connectivity index (χ2v) is 8.67. The summed E-state index contributed by atoms with van der Waals surface area (Å²) in [6.07, 6.45) is -17.6. The Morgan fingerprint density at radius 2 is 0.725 bits per heavy atom. The summed E-state index contributed by atoms with van der Waals surface area (Å²) in [5, 5.41) is 0. The zero-order valence-corrected chi connectivity index (χ0v) is 18.5. The number of halogens is 22. The van der Waals surface area contributed by atoms with Crippen molar-refractivity contribution in [2.24, 2.45) is 0 Å². The molecule has 0 heterocycles. The maximum Gasteiger partial charge on any atom is 0.475 e. The molecule has 0 aromatic rings. The number of hydrogen-bond donors (Lipinski definition) is 0. The maximum atomic E-state index is 13.7. The van der Waals surface area contributed by atoms with Crippen molar-refractivity contribution in [2.75, 3.05) is 19.8 Å². The highest BCUT2D eigenvalue weighted by molar-refractivity contribution is 7.48. The SMILES string of the molecule is O=P(OCC(F)(F)F)(OCC(F)(F)F)OCC(F)(F)C(F)(F)C(F)(F)C(F)(F)C(F)(F)C(F)(F)C(F)(F)C(F)F. The van der Waals surface area contributed by atoms with E-state index in [1.165, 1.54) is 0 Å². The van der Waals surface area contributed by atoms with E-state index in [1.54, 1.807) is 0 Å². The van der Waals surface area contributed by atoms with E-state index in [-0.39, 0.29) is 0 Å². The van der Waals surface area contributed by atoms with Crippen LogP contribution in [0.5, 0.6) is 0 Å². The van der Waals surface area contributed by atoms with E-state index in [1.807, 2.05) is 0 Å². The minimum Gasteiger partial charge on any atom is -0.280 e. The summed E-state index contributed by atoms with van der Waals surface area (Å²) >= 11 is 0. The second-order valence-electron chi connectivity index (χ2n) is 7.00. The minimum atomic E-state index is -8.84. The Morgan fingerprint density at radius 1 is 0.450 bits per heavy atom. The summed E-state index contributed by atoms with van der Waals surface area (Å²) < 4.78 is 304. The zero-order chi connectivity index (χ0) is 32.8. The van der Waals surface area contributed by atoms with Crippen molar-refractivity contribution < 1.29 is 115 Å². The Kier molecular flexibility index (Phi) is 10.6. The van der Waals surface area contributed by atoms with E-state index in [4.69, 9.17) is 0 Å². The Labute approximate surface area is 204 Å². The van der Waals surface area contributed by atoms with E-state index in [2.05, 4.69) is 13.6 Å². The first-order chi connectivity index (χ1) is 17.1. The van der Waals surface area contributed by atoms with Gasteiger partial charge in [0, 0.05) is 0 Å². The molecule has 0 bridgehead atoms. The van der Waals surface area contributed by atoms with Crippen molar-refractivity contribution in [3.8, 4) is 0 Å². The van der Waals surface area contributed by atoms with Gasteiger partial charge in [0.1, 0.15) is 6.61 Å². The third-order valence-corrected chi connectivity index (χ3v) is 5.24. The number of hydrogen-bond acceptors (Lipinski definition) is 4. The van der Waals surface area contributed by atoms with Crippen LogP contribution in [-0.2, 0) is 18.1 Å². The van der Waals surface area contributed by atoms with Crippen LogP contribution in [-0.4, -0.2) is 80.1 Å². The van der Waals surface area contributed by atoms with E-state index >= 15 is 0 Å². The van der Waals surface area contributed by atoms with Gasteiger partial charge in [-0.15, -0.1) is 0 Å². The van der Waals surface area contributed by atoms with Crippen LogP contribution in [0.25, 0.3) is 0 Å². The average molecular weight is 676 g/mol. The summed E-state index contributed by atoms with van der Waals surface area (Å²) in [6.45, 7) is -10.2. The molecule has 0 aliphatic heterocycles. The van der Waals surface area contributed by atoms with Crippen molar-refractivity contribution in [1.82, 2.24) is 0 Å². The highest BCUT2D eigenvalue weighted by Gasteiger charge is 2.93. The van der Waals surface area contributed by atoms with Gasteiger partial charge in [-0.05, 0) is 0 Å². The Hall–Kier alpha value is -1.43. The Bertz CT molecular complexity index is 885. The van der Waals surface area contributed by atoms with Gasteiger partial charge < -0.3 is 0 Å². The fourth-order valence-electron chi connectivity index (χ4n) is 1.83. The smallest absolute Gasteiger partial charge is 0.280 e. The molecule has 4 nitrogen and oxygen atoms in total. The molecule has 0 aliphatic rings. The van der Waals surface area contributed by atoms with E-state index in [0.717, 1.165) is 0 Å². The van der Waals surface area contributed by atoms with Gasteiger partial charge in [-0.2, -0.15) is 87.8 Å². The zero-order valence-electron chi connectivity index (χ0n) is 17.6. The first kappa shape index (κ1) is 38.6. The molecule has 0 N–H and O–H groups in total. The molecule has 0 rings (SSSR count). The van der Waals surface area contributed by atoms with Crippen molar-refractivity contribution in [3.05, 3.63) is 0 Å². The molecule has 0 saturated carbocycles. The van der Waals surface area contributed by atoms with E-state index in [0.29, 0.717) is 0 Å². The lowest BCUT2D eigenvalue weighted by atomic mass is 9.89. The molecule has 0 saturated heterocycles. The monoisotopic (exact) mass is 676 g/mol. The lowest BCUT2D eigenvalue weighted by Crippen LogP contribution is -2.74. The molecule has 242 valence electrons. The van der Waals surface area contributed by atoms with Gasteiger partial charge in [-0.1, -0.05) is 0 Å². The first-order valence-electron chi connectivity index (χ1n) is 8.66. The third-order valence-electron chi connectivity index (χ3n) is 3.91. The average Bonchev–Trinajstić information content (AvgIpc) is 2.73. The summed E-state index contributed by atoms with van der Waals surface area (Å²) in [6, 6.07) is 0. The summed E-state index contributed by atoms with van der Waals surface area (Å²) in [4.78, 5) is 0. The molecule has 0 radical (unpaired) electrons. The van der Waals surface area contributed by atoms with Gasteiger partial charge in [-0.3, -0.25) is 13.6 Å². The first-order valence-corrected chi connectivity index (χ1v) is 10.1. The standard InChI is InChI=1S/C13H7F22O4P/c14-4(15)8(24,25)10(28,29)12(32,33)13(34,35)11(30,31)9(26,27)5(16,17)1-37-40(36,38-2-6(18,19)20)39-3-7(21,22)23/h4H,1-3H2. The third kappa shape index (κ3) is 7.31. The van der Waals surface area contributed by atoms with Crippen LogP contribution in [0.2, 0.25) is 0 Å². The molecule has 0 unspecified atom stereocenters. The molecule has 0 aromatic carbocycles. The fraction of sp³-hybridized carbons (Fsp3) is 1.00. The Balaban J connectivity index is 6.47. The number of phosphoric ester groups is 1. The van der Waals surface area contributed by atoms with Crippen LogP contribution in [0, 0.1) is 0 Å². The lowest BCUT2D eigenvalue weighted by Gasteiger charge is -2.42. The normalized spacial score (nSPS) is 16.2. The lowest BCUT2D eigenvalue weighted by molar-refractivity contribution is -0.447. The summed E-state index contributed by atoms with van der Waals surface area (Å²) in [5.74, 6) is -58.1. The Morgan fingerprint density at radius 3 is 1.02 bits per heavy atom. The topological polar surface area (TPSA) is 44.8 Å². The van der Waals surface area contributed by atoms with Crippen LogP contribution in [0.4, 0.5) is 96.6 Å². The minimum absolute atomic E-state index is 2.87. The van der Waals surface area contributed by atoms with Gasteiger partial charge in [-0.25, -0.2) is 13.3 Å². The van der Waals surface area contributed by atoms with Gasteiger partial charge in [0.2, 0.25) is 0 Å². The van der Waals surface area contributed by atoms with Gasteiger partial charge in [0.15, 0.2) is 13.2 Å². The van der Waals surface area contributed by atoms with Crippen molar-refractivity contribution in [1.29, 1.82) is 0 Å². The summed E-state index contributed by atoms with van der Waals surface area (Å²) in [5.41, 5.74) is 0. The molecular weight excluding hydrogens is 669 g/mol. The summed E-state index contributed by atoms with van der Waals surface area (Å²) in [7, 11) is -6.90. The largest absolute Gasteiger partial charge is 0.475 e. The maximum absolute atomic E-state index is 13.7. The molecule has 0 atom stereocenters. The predicted octanol–water partition coefficient (Wildman–Crippen LogP) is 7.98. The predicted molar refractivity (Wildman–Crippen MR) is 78.2 cm³/mol. The van der Waals surface area contributed by atoms with Crippen LogP contribution in [0.15, 0.2) is 0 Å². The molecule has 0 aromatic heterocycles. The number of rotatable bonds is 14. The highest BCUT2D eigenvalue weighted by Crippen LogP contribution is 2.63. The van der Waals surface area contributed by atoms with Crippen LogP contribution in [0.3, 0.4) is 0 Å². The fourth-order valence-corrected chi connectivity index (χ4v) is 2.99. The van der Waals surface area contributed by atoms with E-state index < -0.39 is 87.9 Å². The quantitative estimate of drug-likeness (QED) is 0.138. The van der Waals surface area contributed by atoms with Gasteiger partial charge in [0.25, 0.3) is 0 Å². The van der Waals surface area contributed by atoms with Crippen LogP contribution < -0.4 is 0 Å². The molecular formula is C13H7F22O4P. The van der Waals surface area contributed by atoms with E-state index in [9.17, 15) is 101 Å². The van der Waals surface area contributed by atoms with Crippen LogP contribution >= 0.6 is 7.82 Å². The van der Waals surface area contributed by atoms with Crippen LogP contribution in [0.1, 0.15) is 0 Å². The van der Waals surface area contributed by atoms with Crippen molar-refractivity contribution in [3.63, 3.8) is 0 Å².